The first-order valence-electron chi connectivity index (χ1n) is 26.4. The van der Waals surface area contributed by atoms with E-state index in [-0.39, 0.29) is 31.3 Å². The number of pyridine rings is 2. The summed E-state index contributed by atoms with van der Waals surface area (Å²) in [5.74, 6) is 3.80. The number of piperidine rings is 1. The number of nitrogens with two attached hydrogens (primary N) is 1. The smallest absolute Gasteiger partial charge is 0.340 e. The number of hydrogen-bond donors (Lipinski definition) is 3. The van der Waals surface area contributed by atoms with Crippen molar-refractivity contribution in [1.29, 1.82) is 0 Å². The molecule has 0 saturated carbocycles. The number of anilines is 3. The molecule has 11 aromatic rings. The fraction of sp³-hybridized carbons (Fsp3) is 0.233. The van der Waals surface area contributed by atoms with Crippen molar-refractivity contribution >= 4 is 94.0 Å². The second-order valence-electron chi connectivity index (χ2n) is 19.6. The van der Waals surface area contributed by atoms with Crippen molar-refractivity contribution in [3.63, 3.8) is 0 Å². The van der Waals surface area contributed by atoms with Crippen molar-refractivity contribution in [1.82, 2.24) is 44.8 Å². The molecule has 4 N–H and O–H groups in total. The van der Waals surface area contributed by atoms with E-state index < -0.39 is 12.1 Å². The minimum absolute atomic E-state index is 0.0121. The number of likely N-dealkylation sites (tertiary alicyclic amines) is 1. The highest BCUT2D eigenvalue weighted by molar-refractivity contribution is 7.19. The Hall–Kier alpha value is -8.96. The SMILES string of the molecule is COc1ccc(-c2csc3nc(CCOC(=O)c4c(C)sc5nc(-c6ccccn6)nc(N)c45)nc(N(C)Cc4cc(-c5cccc(-c6nc(NCC(=O)N7CCC(O)CC7)c7c(-c8ccccc8)c(C)sc7n6)n5)co4)c23)cc1OC. The van der Waals surface area contributed by atoms with Crippen molar-refractivity contribution in [2.45, 2.75) is 45.8 Å². The molecule has 0 atom stereocenters. The number of aromatic nitrogens is 8. The lowest BCUT2D eigenvalue weighted by Crippen LogP contribution is -2.42. The monoisotopic (exact) mass is 1150 g/mol. The quantitative estimate of drug-likeness (QED) is 0.0718. The van der Waals surface area contributed by atoms with Gasteiger partial charge in [0.15, 0.2) is 23.1 Å². The van der Waals surface area contributed by atoms with Crippen LogP contribution in [0.25, 0.3) is 87.2 Å². The van der Waals surface area contributed by atoms with Crippen LogP contribution in [0.1, 0.15) is 44.5 Å². The number of furan rings is 1. The van der Waals surface area contributed by atoms with Crippen LogP contribution in [0.3, 0.4) is 0 Å². The van der Waals surface area contributed by atoms with E-state index in [0.717, 1.165) is 53.1 Å². The van der Waals surface area contributed by atoms with E-state index in [9.17, 15) is 14.7 Å². The van der Waals surface area contributed by atoms with Crippen LogP contribution in [0, 0.1) is 13.8 Å². The van der Waals surface area contributed by atoms with Crippen LogP contribution in [-0.4, -0.2) is 115 Å². The molecule has 1 aliphatic rings. The maximum Gasteiger partial charge on any atom is 0.340 e. The number of nitrogens with one attached hydrogen (secondary N) is 1. The van der Waals surface area contributed by atoms with Crippen LogP contribution < -0.4 is 25.4 Å². The number of nitrogen functional groups attached to an aromatic ring is 1. The summed E-state index contributed by atoms with van der Waals surface area (Å²) in [6, 6.07) is 29.0. The third kappa shape index (κ3) is 10.6. The van der Waals surface area contributed by atoms with E-state index in [1.165, 1.54) is 22.7 Å². The van der Waals surface area contributed by atoms with Crippen molar-refractivity contribution < 1.29 is 33.3 Å². The zero-order valence-electron chi connectivity index (χ0n) is 45.3. The van der Waals surface area contributed by atoms with Gasteiger partial charge < -0.3 is 44.6 Å². The standard InChI is InChI=1S/C60H54N12O7S3/c1-32-47(34-12-7-6-8-13-34)51-55(63-28-46(74)72-23-19-37(73)20-24-72)68-54(70-59(51)81-32)42-16-11-15-40(64-42)36-26-38(79-30-36)29-71(3)56-49-39(35-17-18-43(76-4)44(27-35)77-5)31-80-57(49)66-45(65-56)21-25-78-60(75)48-33(2)82-58-50(48)52(61)67-53(69-58)41-14-9-10-22-62-41/h6-18,22,26-27,30-31,37,73H,19-21,23-25,28-29H2,1-5H3,(H2,61,67,69)(H,63,68,70). The summed E-state index contributed by atoms with van der Waals surface area (Å²) < 4.78 is 23.5. The number of carbonyl (C=O) groups excluding carboxylic acids is 2. The number of nitrogens with zero attached hydrogens (tertiary/aromatic N) is 10. The van der Waals surface area contributed by atoms with Crippen LogP contribution in [0.5, 0.6) is 11.5 Å². The maximum absolute atomic E-state index is 13.9. The molecule has 1 amide bonds. The lowest BCUT2D eigenvalue weighted by molar-refractivity contribution is -0.131. The predicted molar refractivity (Wildman–Crippen MR) is 321 cm³/mol. The molecular formula is C60H54N12O7S3. The highest BCUT2D eigenvalue weighted by Gasteiger charge is 2.27. The van der Waals surface area contributed by atoms with Crippen molar-refractivity contribution in [2.24, 2.45) is 0 Å². The topological polar surface area (TPSA) is 243 Å². The fourth-order valence-corrected chi connectivity index (χ4v) is 13.2. The van der Waals surface area contributed by atoms with E-state index in [0.29, 0.717) is 117 Å². The van der Waals surface area contributed by atoms with Crippen LogP contribution in [0.15, 0.2) is 113 Å². The summed E-state index contributed by atoms with van der Waals surface area (Å²) in [5.41, 5.74) is 13.1. The Morgan fingerprint density at radius 3 is 2.29 bits per heavy atom. The van der Waals surface area contributed by atoms with Gasteiger partial charge in [-0.2, -0.15) is 0 Å². The van der Waals surface area contributed by atoms with Gasteiger partial charge in [0, 0.05) is 64.6 Å². The van der Waals surface area contributed by atoms with Gasteiger partial charge in [-0.05, 0) is 80.3 Å². The van der Waals surface area contributed by atoms with E-state index in [1.807, 2.05) is 97.0 Å². The molecule has 22 heteroatoms. The van der Waals surface area contributed by atoms with E-state index in [2.05, 4.69) is 34.3 Å². The number of hydrogen-bond acceptors (Lipinski definition) is 21. The Kier molecular flexibility index (Phi) is 15.0. The molecule has 0 bridgehead atoms. The first-order valence-corrected chi connectivity index (χ1v) is 28.9. The molecule has 0 radical (unpaired) electrons. The summed E-state index contributed by atoms with van der Waals surface area (Å²) >= 11 is 4.39. The summed E-state index contributed by atoms with van der Waals surface area (Å²) in [7, 11) is 5.15. The van der Waals surface area contributed by atoms with Crippen LogP contribution in [0.2, 0.25) is 0 Å². The Morgan fingerprint density at radius 2 is 1.51 bits per heavy atom. The summed E-state index contributed by atoms with van der Waals surface area (Å²) in [6.45, 7) is 5.24. The molecule has 9 aromatic heterocycles. The number of thiophene rings is 3. The summed E-state index contributed by atoms with van der Waals surface area (Å²) in [6.07, 6.45) is 4.27. The van der Waals surface area contributed by atoms with Gasteiger partial charge in [0.25, 0.3) is 0 Å². The van der Waals surface area contributed by atoms with Gasteiger partial charge in [0.2, 0.25) is 5.91 Å². The summed E-state index contributed by atoms with van der Waals surface area (Å²) in [4.78, 5) is 73.9. The highest BCUT2D eigenvalue weighted by atomic mass is 32.1. The second-order valence-corrected chi connectivity index (χ2v) is 22.9. The summed E-state index contributed by atoms with van der Waals surface area (Å²) in [5, 5.41) is 17.6. The normalized spacial score (nSPS) is 12.8. The molecule has 1 aliphatic heterocycles. The highest BCUT2D eigenvalue weighted by Crippen LogP contribution is 2.44. The Labute approximate surface area is 482 Å². The minimum Gasteiger partial charge on any atom is -0.493 e. The van der Waals surface area contributed by atoms with Gasteiger partial charge >= 0.3 is 5.97 Å². The van der Waals surface area contributed by atoms with Gasteiger partial charge in [0.1, 0.15) is 61.2 Å². The Morgan fingerprint density at radius 1 is 0.768 bits per heavy atom. The lowest BCUT2D eigenvalue weighted by Gasteiger charge is -2.29. The molecule has 2 aromatic carbocycles. The second kappa shape index (κ2) is 22.9. The number of aliphatic hydroxyl groups excluding tert-OH is 1. The number of benzene rings is 2. The average molecular weight is 1150 g/mol. The molecule has 414 valence electrons. The largest absolute Gasteiger partial charge is 0.493 e. The Balaban J connectivity index is 0.820. The van der Waals surface area contributed by atoms with E-state index in [4.69, 9.17) is 54.3 Å². The molecule has 19 nitrogen and oxygen atoms in total. The first-order chi connectivity index (χ1) is 39.9. The zero-order chi connectivity index (χ0) is 56.6. The number of aliphatic hydroxyl groups is 1. The fourth-order valence-electron chi connectivity index (χ4n) is 10.2. The lowest BCUT2D eigenvalue weighted by atomic mass is 10.0. The van der Waals surface area contributed by atoms with Crippen molar-refractivity contribution in [3.05, 3.63) is 136 Å². The van der Waals surface area contributed by atoms with Crippen LogP contribution in [-0.2, 0) is 22.5 Å². The molecule has 10 heterocycles. The number of ether oxygens (including phenoxy) is 3. The van der Waals surface area contributed by atoms with Gasteiger partial charge in [-0.1, -0.05) is 48.5 Å². The number of rotatable bonds is 17. The average Bonchev–Trinajstić information content (AvgIpc) is 4.47. The first kappa shape index (κ1) is 53.7. The third-order valence-electron chi connectivity index (χ3n) is 14.3. The number of aryl methyl sites for hydroxylation is 2. The van der Waals surface area contributed by atoms with Crippen LogP contribution in [0.4, 0.5) is 17.5 Å². The van der Waals surface area contributed by atoms with E-state index >= 15 is 0 Å². The van der Waals surface area contributed by atoms with Gasteiger partial charge in [0.05, 0.1) is 67.4 Å². The number of fused-ring (bicyclic) bond motifs is 3. The number of methoxy groups -OCH3 is 2. The molecule has 0 aliphatic carbocycles. The van der Waals surface area contributed by atoms with Gasteiger partial charge in [-0.3, -0.25) is 9.78 Å². The predicted octanol–water partition coefficient (Wildman–Crippen LogP) is 11.1. The molecule has 1 fully saturated rings. The number of carbonyl (C=O) groups is 2. The molecule has 0 unspecified atom stereocenters. The van der Waals surface area contributed by atoms with Gasteiger partial charge in [-0.25, -0.2) is 39.7 Å². The van der Waals surface area contributed by atoms with Gasteiger partial charge in [-0.15, -0.1) is 34.0 Å². The zero-order valence-corrected chi connectivity index (χ0v) is 47.7. The van der Waals surface area contributed by atoms with Crippen molar-refractivity contribution in [3.8, 4) is 68.0 Å². The third-order valence-corrected chi connectivity index (χ3v) is 17.1. The maximum atomic E-state index is 13.9. The minimum atomic E-state index is -0.548. The van der Waals surface area contributed by atoms with E-state index in [1.54, 1.807) is 49.0 Å². The molecule has 0 spiro atoms. The molecule has 82 heavy (non-hydrogen) atoms. The molecular weight excluding hydrogens is 1100 g/mol. The molecule has 12 rings (SSSR count). The number of esters is 1. The number of amides is 1. The van der Waals surface area contributed by atoms with Crippen molar-refractivity contribution in [2.75, 3.05) is 63.5 Å². The van der Waals surface area contributed by atoms with Crippen LogP contribution >= 0.6 is 34.0 Å². The Bertz CT molecular complexity index is 4200. The molecule has 1 saturated heterocycles.